The molecule has 0 aliphatic carbocycles. The van der Waals surface area contributed by atoms with Gasteiger partial charge in [0.05, 0.1) is 10.6 Å². The van der Waals surface area contributed by atoms with Crippen molar-refractivity contribution in [3.63, 3.8) is 0 Å². The van der Waals surface area contributed by atoms with Gasteiger partial charge in [-0.05, 0) is 37.6 Å². The van der Waals surface area contributed by atoms with Gasteiger partial charge in [0.2, 0.25) is 5.95 Å². The van der Waals surface area contributed by atoms with Crippen molar-refractivity contribution >= 4 is 27.6 Å². The van der Waals surface area contributed by atoms with Crippen LogP contribution in [0.2, 0.25) is 0 Å². The predicted molar refractivity (Wildman–Crippen MR) is 93.9 cm³/mol. The Balaban J connectivity index is 2.20. The van der Waals surface area contributed by atoms with Crippen LogP contribution in [0, 0.1) is 0 Å². The van der Waals surface area contributed by atoms with E-state index in [1.807, 2.05) is 6.92 Å². The average Bonchev–Trinajstić information content (AvgIpc) is 2.58. The molecule has 0 bridgehead atoms. The van der Waals surface area contributed by atoms with Crippen molar-refractivity contribution in [2.24, 2.45) is 0 Å². The molecule has 0 aliphatic heterocycles. The smallest absolute Gasteiger partial charge is 0.352 e. The maximum Gasteiger partial charge on any atom is 0.433 e. The quantitative estimate of drug-likeness (QED) is 0.409. The standard InChI is InChI=1S/C15H18F3N5O3S/c1-3-9(2)19-14-20-12(15(16,17)18)8-13(21-14)23-22-10-4-6-11(7-5-10)27(24,25)26/h4-9,22H,3H2,1-2H3,(H,24,25,26)(H2,19,20,21,23)/t9-/m1/s1. The third kappa shape index (κ3) is 5.96. The normalized spacial score (nSPS) is 13.1. The molecule has 1 heterocycles. The highest BCUT2D eigenvalue weighted by molar-refractivity contribution is 7.85. The fourth-order valence-corrected chi connectivity index (χ4v) is 2.37. The monoisotopic (exact) mass is 405 g/mol. The van der Waals surface area contributed by atoms with E-state index in [1.165, 1.54) is 12.1 Å². The van der Waals surface area contributed by atoms with Crippen LogP contribution < -0.4 is 16.2 Å². The second-order valence-electron chi connectivity index (χ2n) is 5.66. The first kappa shape index (κ1) is 20.7. The topological polar surface area (TPSA) is 116 Å². The molecule has 0 saturated carbocycles. The van der Waals surface area contributed by atoms with Crippen LogP contribution in [0.5, 0.6) is 0 Å². The minimum Gasteiger partial charge on any atom is -0.352 e. The van der Waals surface area contributed by atoms with Gasteiger partial charge in [-0.3, -0.25) is 15.4 Å². The zero-order valence-corrected chi connectivity index (χ0v) is 15.2. The fourth-order valence-electron chi connectivity index (χ4n) is 1.89. The second-order valence-corrected chi connectivity index (χ2v) is 7.08. The van der Waals surface area contributed by atoms with E-state index in [0.29, 0.717) is 12.1 Å². The third-order valence-corrected chi connectivity index (χ3v) is 4.36. The summed E-state index contributed by atoms with van der Waals surface area (Å²) in [5.74, 6) is -0.313. The van der Waals surface area contributed by atoms with Crippen molar-refractivity contribution < 1.29 is 26.1 Å². The fraction of sp³-hybridized carbons (Fsp3) is 0.333. The molecule has 0 unspecified atom stereocenters. The summed E-state index contributed by atoms with van der Waals surface area (Å²) in [6.45, 7) is 3.65. The van der Waals surface area contributed by atoms with E-state index < -0.39 is 22.0 Å². The molecule has 1 aromatic heterocycles. The van der Waals surface area contributed by atoms with Crippen LogP contribution in [-0.2, 0) is 16.3 Å². The van der Waals surface area contributed by atoms with E-state index in [2.05, 4.69) is 26.1 Å². The lowest BCUT2D eigenvalue weighted by molar-refractivity contribution is -0.141. The lowest BCUT2D eigenvalue weighted by Gasteiger charge is -2.16. The lowest BCUT2D eigenvalue weighted by Crippen LogP contribution is -2.20. The van der Waals surface area contributed by atoms with Gasteiger partial charge in [-0.25, -0.2) is 4.98 Å². The summed E-state index contributed by atoms with van der Waals surface area (Å²) in [6.07, 6.45) is -3.98. The average molecular weight is 405 g/mol. The molecule has 2 rings (SSSR count). The number of alkyl halides is 3. The van der Waals surface area contributed by atoms with Crippen LogP contribution in [0.1, 0.15) is 26.0 Å². The highest BCUT2D eigenvalue weighted by atomic mass is 32.2. The molecule has 0 aliphatic rings. The zero-order chi connectivity index (χ0) is 20.2. The van der Waals surface area contributed by atoms with Crippen molar-refractivity contribution in [3.8, 4) is 0 Å². The summed E-state index contributed by atoms with van der Waals surface area (Å²) in [5.41, 5.74) is 4.33. The molecular weight excluding hydrogens is 387 g/mol. The minimum atomic E-state index is -4.65. The Morgan fingerprint density at radius 3 is 2.30 bits per heavy atom. The first-order valence-electron chi connectivity index (χ1n) is 7.81. The Hall–Kier alpha value is -2.60. The largest absolute Gasteiger partial charge is 0.433 e. The maximum atomic E-state index is 13.0. The SMILES string of the molecule is CC[C@@H](C)Nc1nc(NNc2ccc(S(=O)(=O)O)cc2)cc(C(F)(F)F)n1. The van der Waals surface area contributed by atoms with Crippen molar-refractivity contribution in [2.45, 2.75) is 37.4 Å². The highest BCUT2D eigenvalue weighted by Gasteiger charge is 2.33. The Labute approximate surface area is 153 Å². The number of hydrogen-bond acceptors (Lipinski definition) is 7. The summed E-state index contributed by atoms with van der Waals surface area (Å²) in [4.78, 5) is 7.14. The van der Waals surface area contributed by atoms with E-state index in [9.17, 15) is 21.6 Å². The molecule has 12 heteroatoms. The van der Waals surface area contributed by atoms with Crippen LogP contribution in [-0.4, -0.2) is 29.0 Å². The Bertz CT molecular complexity index is 889. The first-order valence-corrected chi connectivity index (χ1v) is 9.25. The highest BCUT2D eigenvalue weighted by Crippen LogP contribution is 2.30. The summed E-state index contributed by atoms with van der Waals surface area (Å²) in [5, 5.41) is 2.78. The summed E-state index contributed by atoms with van der Waals surface area (Å²) in [7, 11) is -4.33. The summed E-state index contributed by atoms with van der Waals surface area (Å²) < 4.78 is 70.0. The second kappa shape index (κ2) is 7.96. The van der Waals surface area contributed by atoms with Crippen LogP contribution in [0.4, 0.5) is 30.6 Å². The Morgan fingerprint density at radius 2 is 1.78 bits per heavy atom. The Morgan fingerprint density at radius 1 is 1.15 bits per heavy atom. The van der Waals surface area contributed by atoms with Crippen LogP contribution in [0.15, 0.2) is 35.2 Å². The molecule has 1 atom stereocenters. The molecule has 0 radical (unpaired) electrons. The number of benzene rings is 1. The number of hydrazine groups is 1. The van der Waals surface area contributed by atoms with Crippen molar-refractivity contribution in [3.05, 3.63) is 36.0 Å². The van der Waals surface area contributed by atoms with Gasteiger partial charge in [0.15, 0.2) is 11.5 Å². The van der Waals surface area contributed by atoms with Crippen LogP contribution in [0.3, 0.4) is 0 Å². The number of anilines is 3. The molecule has 8 nitrogen and oxygen atoms in total. The number of halogens is 3. The molecule has 148 valence electrons. The summed E-state index contributed by atoms with van der Waals surface area (Å²) in [6, 6.07) is 5.52. The molecule has 1 aromatic carbocycles. The maximum absolute atomic E-state index is 13.0. The molecular formula is C15H18F3N5O3S. The zero-order valence-electron chi connectivity index (χ0n) is 14.4. The van der Waals surface area contributed by atoms with Crippen molar-refractivity contribution in [1.82, 2.24) is 9.97 Å². The van der Waals surface area contributed by atoms with Crippen LogP contribution in [0.25, 0.3) is 0 Å². The van der Waals surface area contributed by atoms with Gasteiger partial charge in [0.1, 0.15) is 0 Å². The van der Waals surface area contributed by atoms with Gasteiger partial charge < -0.3 is 5.32 Å². The van der Waals surface area contributed by atoms with Crippen molar-refractivity contribution in [2.75, 3.05) is 16.2 Å². The van der Waals surface area contributed by atoms with E-state index in [4.69, 9.17) is 4.55 Å². The minimum absolute atomic E-state index is 0.123. The van der Waals surface area contributed by atoms with Gasteiger partial charge in [-0.15, -0.1) is 0 Å². The molecule has 0 amide bonds. The van der Waals surface area contributed by atoms with E-state index in [-0.39, 0.29) is 22.7 Å². The number of nitrogens with zero attached hydrogens (tertiary/aromatic N) is 2. The van der Waals surface area contributed by atoms with Gasteiger partial charge in [0.25, 0.3) is 10.1 Å². The molecule has 27 heavy (non-hydrogen) atoms. The van der Waals surface area contributed by atoms with Crippen molar-refractivity contribution in [1.29, 1.82) is 0 Å². The van der Waals surface area contributed by atoms with Gasteiger partial charge in [0, 0.05) is 12.1 Å². The van der Waals surface area contributed by atoms with Crippen LogP contribution >= 0.6 is 0 Å². The molecule has 0 spiro atoms. The lowest BCUT2D eigenvalue weighted by atomic mass is 10.3. The molecule has 0 fully saturated rings. The van der Waals surface area contributed by atoms with Gasteiger partial charge in [-0.1, -0.05) is 6.92 Å². The molecule has 0 saturated heterocycles. The first-order chi connectivity index (χ1) is 12.5. The van der Waals surface area contributed by atoms with E-state index >= 15 is 0 Å². The van der Waals surface area contributed by atoms with Gasteiger partial charge in [-0.2, -0.15) is 26.6 Å². The number of nitrogens with one attached hydrogen (secondary N) is 3. The third-order valence-electron chi connectivity index (χ3n) is 3.49. The van der Waals surface area contributed by atoms with E-state index in [0.717, 1.165) is 18.2 Å². The predicted octanol–water partition coefficient (Wildman–Crippen LogP) is 3.39. The summed E-state index contributed by atoms with van der Waals surface area (Å²) >= 11 is 0. The van der Waals surface area contributed by atoms with Gasteiger partial charge >= 0.3 is 6.18 Å². The Kier molecular flexibility index (Phi) is 6.11. The number of aromatic nitrogens is 2. The number of hydrogen-bond donors (Lipinski definition) is 4. The number of rotatable bonds is 7. The molecule has 4 N–H and O–H groups in total. The molecule has 2 aromatic rings. The van der Waals surface area contributed by atoms with E-state index in [1.54, 1.807) is 6.92 Å².